The number of allylic oxidation sites excluding steroid dienone is 2. The van der Waals surface area contributed by atoms with E-state index in [0.717, 1.165) is 6.08 Å². The van der Waals surface area contributed by atoms with Gasteiger partial charge in [-0.15, -0.1) is 0 Å². The Kier molecular flexibility index (Phi) is 5.64. The summed E-state index contributed by atoms with van der Waals surface area (Å²) in [4.78, 5) is 10.5. The predicted octanol–water partition coefficient (Wildman–Crippen LogP) is 3.04. The van der Waals surface area contributed by atoms with E-state index >= 15 is 0 Å². The van der Waals surface area contributed by atoms with Gasteiger partial charge in [0.25, 0.3) is 0 Å². The van der Waals surface area contributed by atoms with Crippen LogP contribution < -0.4 is 0 Å². The summed E-state index contributed by atoms with van der Waals surface area (Å²) >= 11 is 0. The molecule has 5 heteroatoms. The molecule has 0 bridgehead atoms. The summed E-state index contributed by atoms with van der Waals surface area (Å²) in [5, 5.41) is 39.4. The van der Waals surface area contributed by atoms with Gasteiger partial charge in [-0.05, 0) is 31.6 Å². The van der Waals surface area contributed by atoms with Gasteiger partial charge in [-0.25, -0.2) is 0 Å². The molecule has 4 N–H and O–H groups in total. The molecule has 0 spiro atoms. The van der Waals surface area contributed by atoms with Crippen molar-refractivity contribution in [2.45, 2.75) is 82.8 Å². The second-order valence-corrected chi connectivity index (χ2v) is 6.19. The van der Waals surface area contributed by atoms with Gasteiger partial charge in [-0.3, -0.25) is 4.79 Å². The molecule has 1 aliphatic rings. The normalized spacial score (nSPS) is 35.7. The summed E-state index contributed by atoms with van der Waals surface area (Å²) in [6.45, 7) is -3.43. The van der Waals surface area contributed by atoms with E-state index in [2.05, 4.69) is 0 Å². The lowest BCUT2D eigenvalue weighted by Crippen LogP contribution is -2.20. The maximum atomic E-state index is 10.5. The summed E-state index contributed by atoms with van der Waals surface area (Å²) in [5.74, 6) is -1.90. The number of rotatable bonds is 12. The molecule has 1 saturated carbocycles. The standard InChI is InChI=1S/C20H34O5/c1-2-3-6-9-15(21)12-13-17-16(18(22)14-19(17)23)10-7-4-5-8-11-20(24)25/h4,7,12-13,15-19,21-23H,2-3,5-6,8-11,14H2,1H3,(H,24,25)/b7-4-,13-12+/t15-,16-,17+,18-,19+/m0/s1/i1D3,2D2,3D2,6D2. The number of aliphatic hydroxyl groups excluding tert-OH is 3. The van der Waals surface area contributed by atoms with Crippen LogP contribution in [0.1, 0.15) is 76.8 Å². The van der Waals surface area contributed by atoms with E-state index in [1.54, 1.807) is 12.2 Å². The molecule has 0 aromatic rings. The molecule has 0 amide bonds. The molecule has 0 aliphatic heterocycles. The molecular weight excluding hydrogens is 320 g/mol. The van der Waals surface area contributed by atoms with Crippen LogP contribution >= 0.6 is 0 Å². The molecule has 144 valence electrons. The van der Waals surface area contributed by atoms with E-state index in [1.165, 1.54) is 6.08 Å². The zero-order chi connectivity index (χ0) is 26.5. The monoisotopic (exact) mass is 363 g/mol. The van der Waals surface area contributed by atoms with Crippen molar-refractivity contribution in [3.63, 3.8) is 0 Å². The maximum Gasteiger partial charge on any atom is 0.303 e. The van der Waals surface area contributed by atoms with Gasteiger partial charge in [0.1, 0.15) is 0 Å². The molecule has 5 nitrogen and oxygen atoms in total. The average Bonchev–Trinajstić information content (AvgIpc) is 2.93. The highest BCUT2D eigenvalue weighted by molar-refractivity contribution is 5.66. The molecule has 0 saturated heterocycles. The highest BCUT2D eigenvalue weighted by atomic mass is 16.4. The van der Waals surface area contributed by atoms with Gasteiger partial charge < -0.3 is 20.4 Å². The van der Waals surface area contributed by atoms with Gasteiger partial charge >= 0.3 is 5.97 Å². The first-order chi connectivity index (χ1) is 15.3. The zero-order valence-electron chi connectivity index (χ0n) is 23.1. The number of carbonyl (C=O) groups is 1. The first-order valence-electron chi connectivity index (χ1n) is 12.9. The SMILES string of the molecule is [2H]C([2H])([2H])C([2H])([2H])C([2H])([2H])C([2H])([2H])C[C@H](O)/C=C/[C@@H]1[C@H](C/C=C\CCCC(=O)O)[C@@H](O)C[C@H]1O. The van der Waals surface area contributed by atoms with E-state index in [-0.39, 0.29) is 12.8 Å². The Labute approximate surface area is 163 Å². The molecular formula is C20H34O5. The number of aliphatic hydroxyl groups is 3. The lowest BCUT2D eigenvalue weighted by molar-refractivity contribution is -0.137. The number of aliphatic carboxylic acids is 1. The largest absolute Gasteiger partial charge is 0.481 e. The van der Waals surface area contributed by atoms with Gasteiger partial charge in [-0.2, -0.15) is 0 Å². The Morgan fingerprint density at radius 1 is 1.32 bits per heavy atom. The van der Waals surface area contributed by atoms with Crippen molar-refractivity contribution < 1.29 is 37.6 Å². The molecule has 0 aromatic heterocycles. The second-order valence-electron chi connectivity index (χ2n) is 6.19. The number of hydrogen-bond acceptors (Lipinski definition) is 4. The lowest BCUT2D eigenvalue weighted by Gasteiger charge is -2.19. The molecule has 0 heterocycles. The minimum Gasteiger partial charge on any atom is -0.481 e. The molecule has 0 unspecified atom stereocenters. The van der Waals surface area contributed by atoms with Crippen LogP contribution in [0, 0.1) is 11.8 Å². The van der Waals surface area contributed by atoms with Crippen molar-refractivity contribution in [2.24, 2.45) is 11.8 Å². The molecule has 0 radical (unpaired) electrons. The van der Waals surface area contributed by atoms with Crippen molar-refractivity contribution in [1.82, 2.24) is 0 Å². The Morgan fingerprint density at radius 2 is 2.12 bits per heavy atom. The van der Waals surface area contributed by atoms with Gasteiger partial charge in [0, 0.05) is 31.1 Å². The van der Waals surface area contributed by atoms with E-state index in [4.69, 9.17) is 17.4 Å². The van der Waals surface area contributed by atoms with Crippen LogP contribution in [0.3, 0.4) is 0 Å². The Hall–Kier alpha value is -1.17. The third-order valence-electron chi connectivity index (χ3n) is 4.27. The topological polar surface area (TPSA) is 98.0 Å². The highest BCUT2D eigenvalue weighted by Crippen LogP contribution is 2.36. The highest BCUT2D eigenvalue weighted by Gasteiger charge is 2.39. The number of unbranched alkanes of at least 4 members (excludes halogenated alkanes) is 1. The Bertz CT molecular complexity index is 736. The van der Waals surface area contributed by atoms with Crippen LogP contribution in [0.2, 0.25) is 0 Å². The van der Waals surface area contributed by atoms with Crippen molar-refractivity contribution in [3.05, 3.63) is 24.3 Å². The Balaban J connectivity index is 2.84. The van der Waals surface area contributed by atoms with Gasteiger partial charge in [-0.1, -0.05) is 50.3 Å². The molecule has 0 aromatic carbocycles. The van der Waals surface area contributed by atoms with Crippen LogP contribution in [0.25, 0.3) is 0 Å². The van der Waals surface area contributed by atoms with Gasteiger partial charge in [0.05, 0.1) is 18.3 Å². The van der Waals surface area contributed by atoms with Crippen LogP contribution in [0.15, 0.2) is 24.3 Å². The van der Waals surface area contributed by atoms with Crippen molar-refractivity contribution in [3.8, 4) is 0 Å². The number of carboxylic acids is 1. The third-order valence-corrected chi connectivity index (χ3v) is 4.27. The molecule has 1 fully saturated rings. The molecule has 5 atom stereocenters. The molecule has 25 heavy (non-hydrogen) atoms. The summed E-state index contributed by atoms with van der Waals surface area (Å²) in [7, 11) is 0. The molecule has 1 aliphatic carbocycles. The summed E-state index contributed by atoms with van der Waals surface area (Å²) in [6.07, 6.45) is -6.70. The molecule has 1 rings (SSSR count). The number of carboxylic acid groups (broad SMARTS) is 1. The van der Waals surface area contributed by atoms with Crippen LogP contribution in [0.4, 0.5) is 0 Å². The zero-order valence-corrected chi connectivity index (χ0v) is 14.1. The Morgan fingerprint density at radius 3 is 2.84 bits per heavy atom. The van der Waals surface area contributed by atoms with Crippen LogP contribution in [-0.2, 0) is 4.79 Å². The third kappa shape index (κ3) is 8.66. The van der Waals surface area contributed by atoms with Gasteiger partial charge in [0.2, 0.25) is 0 Å². The first-order valence-corrected chi connectivity index (χ1v) is 8.44. The first kappa shape index (κ1) is 11.5. The summed E-state index contributed by atoms with van der Waals surface area (Å²) < 4.78 is 68.4. The van der Waals surface area contributed by atoms with E-state index in [9.17, 15) is 20.1 Å². The maximum absolute atomic E-state index is 10.5. The van der Waals surface area contributed by atoms with Crippen molar-refractivity contribution >= 4 is 5.97 Å². The quantitative estimate of drug-likeness (QED) is 0.316. The average molecular weight is 364 g/mol. The van der Waals surface area contributed by atoms with Crippen molar-refractivity contribution in [2.75, 3.05) is 0 Å². The summed E-state index contributed by atoms with van der Waals surface area (Å²) in [5.41, 5.74) is 0. The van der Waals surface area contributed by atoms with E-state index in [0.29, 0.717) is 19.3 Å². The summed E-state index contributed by atoms with van der Waals surface area (Å²) in [6, 6.07) is 0. The number of hydrogen-bond donors (Lipinski definition) is 4. The van der Waals surface area contributed by atoms with Crippen molar-refractivity contribution in [1.29, 1.82) is 0 Å². The fourth-order valence-electron chi connectivity index (χ4n) is 2.97. The van der Waals surface area contributed by atoms with Crippen LogP contribution in [-0.4, -0.2) is 44.7 Å². The van der Waals surface area contributed by atoms with E-state index < -0.39 is 68.5 Å². The van der Waals surface area contributed by atoms with Crippen LogP contribution in [0.5, 0.6) is 0 Å². The van der Waals surface area contributed by atoms with Gasteiger partial charge in [0.15, 0.2) is 0 Å². The smallest absolute Gasteiger partial charge is 0.303 e. The minimum atomic E-state index is -3.51. The predicted molar refractivity (Wildman–Crippen MR) is 98.1 cm³/mol. The lowest BCUT2D eigenvalue weighted by atomic mass is 9.89. The minimum absolute atomic E-state index is 0.0394. The fourth-order valence-corrected chi connectivity index (χ4v) is 2.97. The fraction of sp³-hybridized carbons (Fsp3) is 0.750. The second kappa shape index (κ2) is 12.2. The van der Waals surface area contributed by atoms with E-state index in [1.807, 2.05) is 0 Å².